The molecule has 0 unspecified atom stereocenters. The number of sulfone groups is 1. The number of aromatic amines is 2. The molecule has 0 bridgehead atoms. The van der Waals surface area contributed by atoms with E-state index in [0.29, 0.717) is 28.7 Å². The quantitative estimate of drug-likeness (QED) is 0.619. The summed E-state index contributed by atoms with van der Waals surface area (Å²) in [6.45, 7) is 0. The number of benzene rings is 2. The van der Waals surface area contributed by atoms with Crippen molar-refractivity contribution >= 4 is 44.2 Å². The molecule has 140 valence electrons. The monoisotopic (exact) mass is 403 g/mol. The van der Waals surface area contributed by atoms with E-state index in [2.05, 4.69) is 15.3 Å². The van der Waals surface area contributed by atoms with Gasteiger partial charge in [0.15, 0.2) is 9.84 Å². The summed E-state index contributed by atoms with van der Waals surface area (Å²) < 4.78 is 23.4. The van der Waals surface area contributed by atoms with Crippen LogP contribution in [0.3, 0.4) is 0 Å². The maximum Gasteiger partial charge on any atom is 0.323 e. The average Bonchev–Trinajstić information content (AvgIpc) is 3.15. The van der Waals surface area contributed by atoms with Crippen molar-refractivity contribution in [3.05, 3.63) is 58.5 Å². The molecular formula is C18H17N3O4S2. The standard InChI is InChI=1S/C18H17N3O4S2/c22-17(19-11-5-6-14-15(9-11)21-18(23)20-14)13-3-1-2-4-16(13)26-12-7-8-27(24,25)10-12/h1-6,9,12H,7-8,10H2,(H,19,22)(H2,20,21,23)/t12-/m0/s1. The molecule has 2 heterocycles. The van der Waals surface area contributed by atoms with E-state index in [-0.39, 0.29) is 28.4 Å². The normalized spacial score (nSPS) is 18.6. The Bertz CT molecular complexity index is 1180. The molecule has 1 aromatic heterocycles. The Balaban J connectivity index is 1.55. The van der Waals surface area contributed by atoms with Crippen molar-refractivity contribution in [3.8, 4) is 0 Å². The molecule has 3 N–H and O–H groups in total. The van der Waals surface area contributed by atoms with E-state index >= 15 is 0 Å². The number of imidazole rings is 1. The van der Waals surface area contributed by atoms with Crippen LogP contribution in [0.5, 0.6) is 0 Å². The molecule has 0 radical (unpaired) electrons. The molecule has 1 saturated heterocycles. The van der Waals surface area contributed by atoms with Crippen molar-refractivity contribution in [2.24, 2.45) is 0 Å². The number of aromatic nitrogens is 2. The first-order valence-electron chi connectivity index (χ1n) is 8.39. The van der Waals surface area contributed by atoms with Gasteiger partial charge >= 0.3 is 5.69 Å². The number of amides is 1. The molecule has 0 aliphatic carbocycles. The Kier molecular flexibility index (Phi) is 4.56. The average molecular weight is 403 g/mol. The predicted octanol–water partition coefficient (Wildman–Crippen LogP) is 2.39. The lowest BCUT2D eigenvalue weighted by molar-refractivity contribution is 0.102. The first-order chi connectivity index (χ1) is 12.9. The van der Waals surface area contributed by atoms with Gasteiger partial charge in [-0.3, -0.25) is 4.79 Å². The topological polar surface area (TPSA) is 112 Å². The molecule has 0 spiro atoms. The van der Waals surface area contributed by atoms with E-state index in [0.717, 1.165) is 4.90 Å². The molecule has 0 saturated carbocycles. The lowest BCUT2D eigenvalue weighted by atomic mass is 10.2. The number of carbonyl (C=O) groups is 1. The molecular weight excluding hydrogens is 386 g/mol. The Morgan fingerprint density at radius 1 is 1.11 bits per heavy atom. The molecule has 4 rings (SSSR count). The third-order valence-electron chi connectivity index (χ3n) is 4.39. The summed E-state index contributed by atoms with van der Waals surface area (Å²) in [4.78, 5) is 30.2. The van der Waals surface area contributed by atoms with Gasteiger partial charge in [0.05, 0.1) is 28.1 Å². The minimum absolute atomic E-state index is 0.0368. The zero-order valence-corrected chi connectivity index (χ0v) is 15.8. The van der Waals surface area contributed by atoms with Gasteiger partial charge in [0.1, 0.15) is 0 Å². The van der Waals surface area contributed by atoms with E-state index in [1.807, 2.05) is 12.1 Å². The minimum Gasteiger partial charge on any atom is -0.322 e. The van der Waals surface area contributed by atoms with Gasteiger partial charge in [0, 0.05) is 15.8 Å². The van der Waals surface area contributed by atoms with Crippen LogP contribution >= 0.6 is 11.8 Å². The largest absolute Gasteiger partial charge is 0.323 e. The van der Waals surface area contributed by atoms with E-state index in [1.54, 1.807) is 30.3 Å². The second-order valence-electron chi connectivity index (χ2n) is 6.43. The van der Waals surface area contributed by atoms with E-state index < -0.39 is 9.84 Å². The summed E-state index contributed by atoms with van der Waals surface area (Å²) in [7, 11) is -2.97. The summed E-state index contributed by atoms with van der Waals surface area (Å²) in [6.07, 6.45) is 0.598. The maximum absolute atomic E-state index is 12.8. The van der Waals surface area contributed by atoms with Gasteiger partial charge in [-0.1, -0.05) is 12.1 Å². The van der Waals surface area contributed by atoms with Crippen LogP contribution in [0.1, 0.15) is 16.8 Å². The summed E-state index contributed by atoms with van der Waals surface area (Å²) in [5.41, 5.74) is 2.02. The second-order valence-corrected chi connectivity index (χ2v) is 10.0. The zero-order chi connectivity index (χ0) is 19.0. The number of anilines is 1. The highest BCUT2D eigenvalue weighted by molar-refractivity contribution is 8.02. The molecule has 1 aliphatic rings. The van der Waals surface area contributed by atoms with Crippen LogP contribution < -0.4 is 11.0 Å². The number of nitrogens with one attached hydrogen (secondary N) is 3. The van der Waals surface area contributed by atoms with Crippen molar-refractivity contribution in [1.29, 1.82) is 0 Å². The van der Waals surface area contributed by atoms with E-state index in [4.69, 9.17) is 0 Å². The number of carbonyl (C=O) groups excluding carboxylic acids is 1. The van der Waals surface area contributed by atoms with Crippen molar-refractivity contribution in [2.75, 3.05) is 16.8 Å². The van der Waals surface area contributed by atoms with Gasteiger partial charge in [0.2, 0.25) is 0 Å². The molecule has 1 atom stereocenters. The molecule has 2 aromatic carbocycles. The molecule has 27 heavy (non-hydrogen) atoms. The molecule has 3 aromatic rings. The number of hydrogen-bond donors (Lipinski definition) is 3. The SMILES string of the molecule is O=C(Nc1ccc2[nH]c(=O)[nH]c2c1)c1ccccc1S[C@H]1CCS(=O)(=O)C1. The highest BCUT2D eigenvalue weighted by Crippen LogP contribution is 2.33. The van der Waals surface area contributed by atoms with Gasteiger partial charge in [-0.2, -0.15) is 0 Å². The molecule has 9 heteroatoms. The van der Waals surface area contributed by atoms with Gasteiger partial charge < -0.3 is 15.3 Å². The van der Waals surface area contributed by atoms with Crippen LogP contribution in [-0.2, 0) is 9.84 Å². The van der Waals surface area contributed by atoms with Gasteiger partial charge in [-0.05, 0) is 36.8 Å². The Hall–Kier alpha value is -2.52. The fraction of sp³-hybridized carbons (Fsp3) is 0.222. The van der Waals surface area contributed by atoms with Crippen molar-refractivity contribution < 1.29 is 13.2 Å². The van der Waals surface area contributed by atoms with Crippen LogP contribution in [0.15, 0.2) is 52.2 Å². The predicted molar refractivity (Wildman–Crippen MR) is 106 cm³/mol. The van der Waals surface area contributed by atoms with E-state index in [1.165, 1.54) is 11.8 Å². The van der Waals surface area contributed by atoms with Crippen molar-refractivity contribution in [1.82, 2.24) is 9.97 Å². The van der Waals surface area contributed by atoms with Crippen LogP contribution in [0, 0.1) is 0 Å². The first kappa shape index (κ1) is 17.9. The summed E-state index contributed by atoms with van der Waals surface area (Å²) >= 11 is 1.43. The number of thioether (sulfide) groups is 1. The third-order valence-corrected chi connectivity index (χ3v) is 7.71. The molecule has 7 nitrogen and oxygen atoms in total. The highest BCUT2D eigenvalue weighted by Gasteiger charge is 2.29. The maximum atomic E-state index is 12.8. The van der Waals surface area contributed by atoms with E-state index in [9.17, 15) is 18.0 Å². The fourth-order valence-corrected chi connectivity index (χ4v) is 6.73. The Labute approximate surface area is 159 Å². The third kappa shape index (κ3) is 3.93. The Morgan fingerprint density at radius 2 is 1.89 bits per heavy atom. The number of fused-ring (bicyclic) bond motifs is 1. The summed E-state index contributed by atoms with van der Waals surface area (Å²) in [5.74, 6) is 0.0650. The summed E-state index contributed by atoms with van der Waals surface area (Å²) in [5, 5.41) is 2.80. The minimum atomic E-state index is -2.97. The Morgan fingerprint density at radius 3 is 2.67 bits per heavy atom. The van der Waals surface area contributed by atoms with Crippen LogP contribution in [0.4, 0.5) is 5.69 Å². The smallest absolute Gasteiger partial charge is 0.322 e. The lowest BCUT2D eigenvalue weighted by Crippen LogP contribution is -2.14. The van der Waals surface area contributed by atoms with Crippen LogP contribution in [0.2, 0.25) is 0 Å². The van der Waals surface area contributed by atoms with Crippen molar-refractivity contribution in [3.63, 3.8) is 0 Å². The van der Waals surface area contributed by atoms with Crippen LogP contribution in [0.25, 0.3) is 11.0 Å². The number of hydrogen-bond acceptors (Lipinski definition) is 5. The second kappa shape index (κ2) is 6.90. The van der Waals surface area contributed by atoms with Gasteiger partial charge in [-0.15, -0.1) is 11.8 Å². The lowest BCUT2D eigenvalue weighted by Gasteiger charge is -2.12. The van der Waals surface area contributed by atoms with Gasteiger partial charge in [-0.25, -0.2) is 13.2 Å². The van der Waals surface area contributed by atoms with Gasteiger partial charge in [0.25, 0.3) is 5.91 Å². The zero-order valence-electron chi connectivity index (χ0n) is 14.2. The molecule has 1 amide bonds. The number of H-pyrrole nitrogens is 2. The van der Waals surface area contributed by atoms with Crippen LogP contribution in [-0.4, -0.2) is 41.0 Å². The summed E-state index contributed by atoms with van der Waals surface area (Å²) in [6, 6.07) is 12.3. The number of rotatable bonds is 4. The first-order valence-corrected chi connectivity index (χ1v) is 11.1. The molecule has 1 aliphatic heterocycles. The fourth-order valence-electron chi connectivity index (χ4n) is 3.10. The highest BCUT2D eigenvalue weighted by atomic mass is 32.2. The van der Waals surface area contributed by atoms with Crippen molar-refractivity contribution in [2.45, 2.75) is 16.6 Å². The molecule has 1 fully saturated rings.